The van der Waals surface area contributed by atoms with Crippen molar-refractivity contribution < 1.29 is 4.79 Å². The van der Waals surface area contributed by atoms with Crippen LogP contribution in [0.2, 0.25) is 0 Å². The second-order valence-corrected chi connectivity index (χ2v) is 6.28. The number of amides is 1. The Balaban J connectivity index is 1.77. The molecule has 1 aromatic heterocycles. The molecule has 1 fully saturated rings. The van der Waals surface area contributed by atoms with Crippen LogP contribution >= 0.6 is 0 Å². The minimum Gasteiger partial charge on any atom is -0.355 e. The van der Waals surface area contributed by atoms with Crippen molar-refractivity contribution in [2.75, 3.05) is 18.4 Å². The van der Waals surface area contributed by atoms with Gasteiger partial charge >= 0.3 is 0 Å². The van der Waals surface area contributed by atoms with Crippen LogP contribution in [0.15, 0.2) is 36.5 Å². The quantitative estimate of drug-likeness (QED) is 0.929. The molecule has 1 saturated heterocycles. The van der Waals surface area contributed by atoms with Gasteiger partial charge in [0.1, 0.15) is 5.69 Å². The van der Waals surface area contributed by atoms with Gasteiger partial charge in [0.15, 0.2) is 0 Å². The highest BCUT2D eigenvalue weighted by molar-refractivity contribution is 5.93. The van der Waals surface area contributed by atoms with Gasteiger partial charge in [-0.05, 0) is 68.5 Å². The number of piperidine rings is 1. The third kappa shape index (κ3) is 3.89. The van der Waals surface area contributed by atoms with Gasteiger partial charge in [-0.25, -0.2) is 0 Å². The molecule has 4 heteroatoms. The molecule has 1 aliphatic rings. The standard InChI is InChI=1S/C19H23N3O/c1-14-10-15(2)12-17(11-14)21-16-6-7-20-18(13-16)19(23)22-8-4-3-5-9-22/h6-7,10-13H,3-5,8-9H2,1-2H3,(H,20,21). The summed E-state index contributed by atoms with van der Waals surface area (Å²) in [5, 5.41) is 3.37. The first-order valence-electron chi connectivity index (χ1n) is 8.22. The van der Waals surface area contributed by atoms with E-state index in [0.717, 1.165) is 37.3 Å². The predicted octanol–water partition coefficient (Wildman–Crippen LogP) is 4.07. The lowest BCUT2D eigenvalue weighted by Crippen LogP contribution is -2.36. The molecule has 0 radical (unpaired) electrons. The number of pyridine rings is 1. The van der Waals surface area contributed by atoms with E-state index in [4.69, 9.17) is 0 Å². The molecule has 120 valence electrons. The van der Waals surface area contributed by atoms with Gasteiger partial charge in [-0.3, -0.25) is 9.78 Å². The molecule has 0 atom stereocenters. The summed E-state index contributed by atoms with van der Waals surface area (Å²) in [5.74, 6) is 0.0359. The minimum atomic E-state index is 0.0359. The van der Waals surface area contributed by atoms with Gasteiger partial charge in [-0.15, -0.1) is 0 Å². The highest BCUT2D eigenvalue weighted by Gasteiger charge is 2.19. The number of likely N-dealkylation sites (tertiary alicyclic amines) is 1. The summed E-state index contributed by atoms with van der Waals surface area (Å²) in [6.07, 6.45) is 5.09. The van der Waals surface area contributed by atoms with Gasteiger partial charge < -0.3 is 10.2 Å². The fourth-order valence-electron chi connectivity index (χ4n) is 3.10. The first kappa shape index (κ1) is 15.5. The van der Waals surface area contributed by atoms with E-state index in [1.165, 1.54) is 17.5 Å². The van der Waals surface area contributed by atoms with Crippen molar-refractivity contribution in [1.82, 2.24) is 9.88 Å². The number of anilines is 2. The maximum atomic E-state index is 12.5. The average Bonchev–Trinajstić information content (AvgIpc) is 2.54. The molecule has 3 rings (SSSR count). The molecule has 1 aliphatic heterocycles. The predicted molar refractivity (Wildman–Crippen MR) is 93.2 cm³/mol. The van der Waals surface area contributed by atoms with Crippen LogP contribution in [0.4, 0.5) is 11.4 Å². The van der Waals surface area contributed by atoms with Gasteiger partial charge in [0.25, 0.3) is 5.91 Å². The maximum absolute atomic E-state index is 12.5. The summed E-state index contributed by atoms with van der Waals surface area (Å²) in [7, 11) is 0. The van der Waals surface area contributed by atoms with E-state index in [2.05, 4.69) is 42.3 Å². The Bertz CT molecular complexity index is 685. The second-order valence-electron chi connectivity index (χ2n) is 6.28. The number of carbonyl (C=O) groups is 1. The molecule has 1 N–H and O–H groups in total. The highest BCUT2D eigenvalue weighted by Crippen LogP contribution is 2.20. The monoisotopic (exact) mass is 309 g/mol. The van der Waals surface area contributed by atoms with E-state index in [-0.39, 0.29) is 5.91 Å². The fraction of sp³-hybridized carbons (Fsp3) is 0.368. The van der Waals surface area contributed by atoms with Crippen LogP contribution in [-0.4, -0.2) is 28.9 Å². The van der Waals surface area contributed by atoms with Crippen molar-refractivity contribution in [2.24, 2.45) is 0 Å². The van der Waals surface area contributed by atoms with Gasteiger partial charge in [-0.2, -0.15) is 0 Å². The van der Waals surface area contributed by atoms with Crippen LogP contribution in [0.3, 0.4) is 0 Å². The highest BCUT2D eigenvalue weighted by atomic mass is 16.2. The number of aromatic nitrogens is 1. The molecule has 1 amide bonds. The van der Waals surface area contributed by atoms with Crippen molar-refractivity contribution >= 4 is 17.3 Å². The summed E-state index contributed by atoms with van der Waals surface area (Å²) >= 11 is 0. The van der Waals surface area contributed by atoms with E-state index in [9.17, 15) is 4.79 Å². The Hall–Kier alpha value is -2.36. The summed E-state index contributed by atoms with van der Waals surface area (Å²) in [6.45, 7) is 5.84. The summed E-state index contributed by atoms with van der Waals surface area (Å²) in [4.78, 5) is 18.7. The van der Waals surface area contributed by atoms with Crippen molar-refractivity contribution in [1.29, 1.82) is 0 Å². The number of nitrogens with zero attached hydrogens (tertiary/aromatic N) is 2. The SMILES string of the molecule is Cc1cc(C)cc(Nc2ccnc(C(=O)N3CCCCC3)c2)c1. The van der Waals surface area contributed by atoms with Crippen LogP contribution in [-0.2, 0) is 0 Å². The summed E-state index contributed by atoms with van der Waals surface area (Å²) in [6, 6.07) is 10.1. The first-order valence-corrected chi connectivity index (χ1v) is 8.22. The van der Waals surface area contributed by atoms with Crippen molar-refractivity contribution in [3.05, 3.63) is 53.3 Å². The number of hydrogen-bond donors (Lipinski definition) is 1. The molecule has 0 bridgehead atoms. The van der Waals surface area contributed by atoms with Crippen molar-refractivity contribution in [2.45, 2.75) is 33.1 Å². The summed E-state index contributed by atoms with van der Waals surface area (Å²) < 4.78 is 0. The van der Waals surface area contributed by atoms with E-state index < -0.39 is 0 Å². The van der Waals surface area contributed by atoms with Gasteiger partial charge in [0.05, 0.1) is 0 Å². The molecule has 0 spiro atoms. The normalized spacial score (nSPS) is 14.6. The zero-order chi connectivity index (χ0) is 16.2. The molecule has 2 heterocycles. The van der Waals surface area contributed by atoms with Crippen LogP contribution < -0.4 is 5.32 Å². The zero-order valence-corrected chi connectivity index (χ0v) is 13.8. The van der Waals surface area contributed by atoms with Crippen LogP contribution in [0, 0.1) is 13.8 Å². The molecule has 0 saturated carbocycles. The molecule has 1 aromatic carbocycles. The second kappa shape index (κ2) is 6.82. The number of nitrogens with one attached hydrogen (secondary N) is 1. The Labute approximate surface area is 137 Å². The molecule has 4 nitrogen and oxygen atoms in total. The van der Waals surface area contributed by atoms with Gasteiger partial charge in [0, 0.05) is 30.7 Å². The molecule has 0 aliphatic carbocycles. The van der Waals surface area contributed by atoms with Crippen molar-refractivity contribution in [3.63, 3.8) is 0 Å². The lowest BCUT2D eigenvalue weighted by atomic mass is 10.1. The number of benzene rings is 1. The molecule has 2 aromatic rings. The topological polar surface area (TPSA) is 45.2 Å². The van der Waals surface area contributed by atoms with Crippen LogP contribution in [0.1, 0.15) is 40.9 Å². The van der Waals surface area contributed by atoms with Crippen molar-refractivity contribution in [3.8, 4) is 0 Å². The van der Waals surface area contributed by atoms with E-state index in [1.807, 2.05) is 17.0 Å². The number of carbonyl (C=O) groups excluding carboxylic acids is 1. The Kier molecular flexibility index (Phi) is 4.60. The number of hydrogen-bond acceptors (Lipinski definition) is 3. The third-order valence-corrected chi connectivity index (χ3v) is 4.13. The lowest BCUT2D eigenvalue weighted by molar-refractivity contribution is 0.0718. The Morgan fingerprint density at radius 3 is 2.39 bits per heavy atom. The number of aryl methyl sites for hydroxylation is 2. The average molecular weight is 309 g/mol. The Morgan fingerprint density at radius 1 is 1.00 bits per heavy atom. The zero-order valence-electron chi connectivity index (χ0n) is 13.8. The van der Waals surface area contributed by atoms with E-state index in [0.29, 0.717) is 5.69 Å². The summed E-state index contributed by atoms with van der Waals surface area (Å²) in [5.41, 5.74) is 4.87. The lowest BCUT2D eigenvalue weighted by Gasteiger charge is -2.26. The Morgan fingerprint density at radius 2 is 1.70 bits per heavy atom. The third-order valence-electron chi connectivity index (χ3n) is 4.13. The van der Waals surface area contributed by atoms with E-state index >= 15 is 0 Å². The molecular formula is C19H23N3O. The van der Waals surface area contributed by atoms with Gasteiger partial charge in [-0.1, -0.05) is 6.07 Å². The van der Waals surface area contributed by atoms with Gasteiger partial charge in [0.2, 0.25) is 0 Å². The molecule has 0 unspecified atom stereocenters. The first-order chi connectivity index (χ1) is 11.1. The minimum absolute atomic E-state index is 0.0359. The largest absolute Gasteiger partial charge is 0.355 e. The smallest absolute Gasteiger partial charge is 0.272 e. The molecular weight excluding hydrogens is 286 g/mol. The van der Waals surface area contributed by atoms with Crippen LogP contribution in [0.5, 0.6) is 0 Å². The maximum Gasteiger partial charge on any atom is 0.272 e. The van der Waals surface area contributed by atoms with E-state index in [1.54, 1.807) is 6.20 Å². The fourth-order valence-corrected chi connectivity index (χ4v) is 3.10. The van der Waals surface area contributed by atoms with Crippen LogP contribution in [0.25, 0.3) is 0 Å². The number of rotatable bonds is 3. The molecule has 23 heavy (non-hydrogen) atoms.